The third-order valence-corrected chi connectivity index (χ3v) is 3.85. The number of fused-ring (bicyclic) bond motifs is 1. The predicted molar refractivity (Wildman–Crippen MR) is 90.9 cm³/mol. The van der Waals surface area contributed by atoms with Gasteiger partial charge in [-0.15, -0.1) is 0 Å². The highest BCUT2D eigenvalue weighted by molar-refractivity contribution is 5.98. The number of nitrogens with one attached hydrogen (secondary N) is 1. The Bertz CT molecular complexity index is 1100. The van der Waals surface area contributed by atoms with Crippen LogP contribution in [0.2, 0.25) is 0 Å². The predicted octanol–water partition coefficient (Wildman–Crippen LogP) is 1.08. The summed E-state index contributed by atoms with van der Waals surface area (Å²) in [4.78, 5) is 42.6. The van der Waals surface area contributed by atoms with Crippen LogP contribution in [0.1, 0.15) is 10.5 Å². The zero-order valence-electron chi connectivity index (χ0n) is 13.8. The van der Waals surface area contributed by atoms with Crippen molar-refractivity contribution in [3.05, 3.63) is 56.9 Å². The smallest absolute Gasteiger partial charge is 0.356 e. The summed E-state index contributed by atoms with van der Waals surface area (Å²) in [5.74, 6) is -0.0814. The lowest BCUT2D eigenvalue weighted by Crippen LogP contribution is -2.29. The average molecular weight is 341 g/mol. The van der Waals surface area contributed by atoms with Gasteiger partial charge in [0.15, 0.2) is 11.3 Å². The van der Waals surface area contributed by atoms with Crippen LogP contribution in [0.5, 0.6) is 5.75 Å². The number of aromatic nitrogens is 3. The van der Waals surface area contributed by atoms with Crippen molar-refractivity contribution < 1.29 is 14.3 Å². The highest BCUT2D eigenvalue weighted by atomic mass is 16.5. The van der Waals surface area contributed by atoms with Crippen LogP contribution in [-0.2, 0) is 11.8 Å². The first kappa shape index (κ1) is 16.4. The number of carbonyl (C=O) groups excluding carboxylic acids is 1. The molecule has 1 N–H and O–H groups in total. The van der Waals surface area contributed by atoms with Crippen molar-refractivity contribution in [1.29, 1.82) is 0 Å². The molecule has 3 aromatic rings. The Balaban J connectivity index is 2.47. The van der Waals surface area contributed by atoms with E-state index in [1.165, 1.54) is 31.9 Å². The standard InChI is InChI=1S/C17H15N3O5/c1-20-14-13(15(21)19-17(20)23)11(8-12(18-14)16(22)25-3)9-5-4-6-10(7-9)24-2/h4-8H,1-3H3,(H,19,21,23). The maximum atomic E-state index is 12.4. The Morgan fingerprint density at radius 2 is 1.96 bits per heavy atom. The minimum absolute atomic E-state index is 0.00609. The highest BCUT2D eigenvalue weighted by Crippen LogP contribution is 2.28. The van der Waals surface area contributed by atoms with Gasteiger partial charge >= 0.3 is 11.7 Å². The molecule has 8 heteroatoms. The third kappa shape index (κ3) is 2.78. The number of ether oxygens (including phenoxy) is 2. The van der Waals surface area contributed by atoms with Crippen LogP contribution in [-0.4, -0.2) is 34.7 Å². The van der Waals surface area contributed by atoms with Gasteiger partial charge in [0.2, 0.25) is 0 Å². The van der Waals surface area contributed by atoms with E-state index in [0.717, 1.165) is 0 Å². The topological polar surface area (TPSA) is 103 Å². The van der Waals surface area contributed by atoms with E-state index in [-0.39, 0.29) is 16.7 Å². The van der Waals surface area contributed by atoms with Gasteiger partial charge in [0, 0.05) is 12.6 Å². The number of aromatic amines is 1. The van der Waals surface area contributed by atoms with E-state index in [2.05, 4.69) is 9.97 Å². The van der Waals surface area contributed by atoms with Crippen molar-refractivity contribution in [3.63, 3.8) is 0 Å². The number of nitrogens with zero attached hydrogens (tertiary/aromatic N) is 2. The number of methoxy groups -OCH3 is 2. The number of benzene rings is 1. The van der Waals surface area contributed by atoms with E-state index in [0.29, 0.717) is 16.9 Å². The van der Waals surface area contributed by atoms with E-state index in [1.807, 2.05) is 0 Å². The average Bonchev–Trinajstić information content (AvgIpc) is 2.64. The lowest BCUT2D eigenvalue weighted by atomic mass is 10.0. The maximum Gasteiger partial charge on any atom is 0.356 e. The first-order valence-electron chi connectivity index (χ1n) is 7.33. The number of H-pyrrole nitrogens is 1. The van der Waals surface area contributed by atoms with Crippen LogP contribution in [0, 0.1) is 0 Å². The molecule has 0 aliphatic rings. The molecule has 0 bridgehead atoms. The van der Waals surface area contributed by atoms with Crippen molar-refractivity contribution in [2.75, 3.05) is 14.2 Å². The molecule has 0 saturated carbocycles. The van der Waals surface area contributed by atoms with Gasteiger partial charge < -0.3 is 9.47 Å². The van der Waals surface area contributed by atoms with Crippen molar-refractivity contribution in [3.8, 4) is 16.9 Å². The summed E-state index contributed by atoms with van der Waals surface area (Å²) in [6, 6.07) is 8.47. The first-order valence-corrected chi connectivity index (χ1v) is 7.33. The second-order valence-electron chi connectivity index (χ2n) is 5.30. The summed E-state index contributed by atoms with van der Waals surface area (Å²) in [5.41, 5.74) is -0.0338. The molecular weight excluding hydrogens is 326 g/mol. The fraction of sp³-hybridized carbons (Fsp3) is 0.176. The van der Waals surface area contributed by atoms with Crippen LogP contribution < -0.4 is 16.0 Å². The summed E-state index contributed by atoms with van der Waals surface area (Å²) < 4.78 is 11.1. The van der Waals surface area contributed by atoms with E-state index in [1.54, 1.807) is 24.3 Å². The highest BCUT2D eigenvalue weighted by Gasteiger charge is 2.18. The number of carbonyl (C=O) groups is 1. The largest absolute Gasteiger partial charge is 0.497 e. The summed E-state index contributed by atoms with van der Waals surface area (Å²) in [6.45, 7) is 0. The number of pyridine rings is 1. The molecule has 2 aromatic heterocycles. The molecule has 0 radical (unpaired) electrons. The van der Waals surface area contributed by atoms with Crippen LogP contribution in [0.3, 0.4) is 0 Å². The lowest BCUT2D eigenvalue weighted by molar-refractivity contribution is 0.0594. The molecule has 8 nitrogen and oxygen atoms in total. The number of hydrogen-bond acceptors (Lipinski definition) is 6. The van der Waals surface area contributed by atoms with E-state index < -0.39 is 17.2 Å². The minimum Gasteiger partial charge on any atom is -0.497 e. The molecule has 25 heavy (non-hydrogen) atoms. The Labute approximate surface area is 141 Å². The second-order valence-corrected chi connectivity index (χ2v) is 5.30. The molecule has 0 spiro atoms. The molecule has 0 aliphatic heterocycles. The van der Waals surface area contributed by atoms with Crippen molar-refractivity contribution in [2.24, 2.45) is 7.05 Å². The molecule has 0 fully saturated rings. The molecule has 0 aliphatic carbocycles. The maximum absolute atomic E-state index is 12.4. The number of esters is 1. The van der Waals surface area contributed by atoms with Gasteiger partial charge in [-0.3, -0.25) is 14.3 Å². The molecule has 0 unspecified atom stereocenters. The first-order chi connectivity index (χ1) is 12.0. The van der Waals surface area contributed by atoms with E-state index in [4.69, 9.17) is 9.47 Å². The van der Waals surface area contributed by atoms with Gasteiger partial charge in [-0.1, -0.05) is 12.1 Å². The van der Waals surface area contributed by atoms with Crippen molar-refractivity contribution >= 4 is 17.0 Å². The normalized spacial score (nSPS) is 10.7. The molecule has 0 atom stereocenters. The molecule has 3 rings (SSSR count). The summed E-state index contributed by atoms with van der Waals surface area (Å²) in [5, 5.41) is 0.197. The summed E-state index contributed by atoms with van der Waals surface area (Å²) >= 11 is 0. The number of rotatable bonds is 3. The van der Waals surface area contributed by atoms with Crippen LogP contribution >= 0.6 is 0 Å². The second kappa shape index (κ2) is 6.23. The van der Waals surface area contributed by atoms with E-state index >= 15 is 0 Å². The van der Waals surface area contributed by atoms with Gasteiger partial charge in [0.25, 0.3) is 5.56 Å². The molecule has 0 saturated heterocycles. The molecular formula is C17H15N3O5. The molecule has 128 valence electrons. The van der Waals surface area contributed by atoms with Crippen molar-refractivity contribution in [2.45, 2.75) is 0 Å². The monoisotopic (exact) mass is 341 g/mol. The third-order valence-electron chi connectivity index (χ3n) is 3.85. The van der Waals surface area contributed by atoms with Gasteiger partial charge in [-0.05, 0) is 23.8 Å². The molecule has 2 heterocycles. The zero-order chi connectivity index (χ0) is 18.1. The molecule has 1 aromatic carbocycles. The summed E-state index contributed by atoms with van der Waals surface area (Å²) in [7, 11) is 4.22. The molecule has 0 amide bonds. The van der Waals surface area contributed by atoms with Gasteiger partial charge in [0.05, 0.1) is 19.6 Å². The zero-order valence-corrected chi connectivity index (χ0v) is 13.8. The van der Waals surface area contributed by atoms with Crippen LogP contribution in [0.4, 0.5) is 0 Å². The van der Waals surface area contributed by atoms with E-state index in [9.17, 15) is 14.4 Å². The Kier molecular flexibility index (Phi) is 4.10. The minimum atomic E-state index is -0.668. The van der Waals surface area contributed by atoms with Gasteiger partial charge in [0.1, 0.15) is 5.75 Å². The van der Waals surface area contributed by atoms with Crippen molar-refractivity contribution in [1.82, 2.24) is 14.5 Å². The van der Waals surface area contributed by atoms with Crippen LogP contribution in [0.15, 0.2) is 39.9 Å². The van der Waals surface area contributed by atoms with Gasteiger partial charge in [-0.2, -0.15) is 0 Å². The van der Waals surface area contributed by atoms with Crippen LogP contribution in [0.25, 0.3) is 22.2 Å². The quantitative estimate of drug-likeness (QED) is 0.715. The number of aryl methyl sites for hydroxylation is 1. The SMILES string of the molecule is COC(=O)c1cc(-c2cccc(OC)c2)c2c(=O)[nH]c(=O)n(C)c2n1. The lowest BCUT2D eigenvalue weighted by Gasteiger charge is -2.11. The van der Waals surface area contributed by atoms with Gasteiger partial charge in [-0.25, -0.2) is 14.6 Å². The Morgan fingerprint density at radius 1 is 1.20 bits per heavy atom. The number of hydrogen-bond donors (Lipinski definition) is 1. The fourth-order valence-electron chi connectivity index (χ4n) is 2.57. The fourth-order valence-corrected chi connectivity index (χ4v) is 2.57. The summed E-state index contributed by atoms with van der Waals surface area (Å²) in [6.07, 6.45) is 0. The Morgan fingerprint density at radius 3 is 2.64 bits per heavy atom. The Hall–Kier alpha value is -3.42.